The Balaban J connectivity index is 1.81. The molecule has 0 saturated carbocycles. The second-order valence-corrected chi connectivity index (χ2v) is 7.47. The van der Waals surface area contributed by atoms with Crippen LogP contribution in [0, 0.1) is 0 Å². The zero-order chi connectivity index (χ0) is 19.6. The summed E-state index contributed by atoms with van der Waals surface area (Å²) in [7, 11) is 3.82. The van der Waals surface area contributed by atoms with E-state index < -0.39 is 11.7 Å². The molecule has 1 aliphatic rings. The van der Waals surface area contributed by atoms with Gasteiger partial charge in [0, 0.05) is 11.6 Å². The quantitative estimate of drug-likeness (QED) is 0.735. The van der Waals surface area contributed by atoms with E-state index in [0.717, 1.165) is 37.9 Å². The van der Waals surface area contributed by atoms with Crippen molar-refractivity contribution in [2.75, 3.05) is 20.6 Å². The summed E-state index contributed by atoms with van der Waals surface area (Å²) in [5.41, 5.74) is -0.243. The van der Waals surface area contributed by atoms with Crippen LogP contribution in [-0.4, -0.2) is 40.6 Å². The van der Waals surface area contributed by atoms with E-state index in [0.29, 0.717) is 35.5 Å². The predicted octanol–water partition coefficient (Wildman–Crippen LogP) is 4.53. The molecule has 1 aromatic carbocycles. The van der Waals surface area contributed by atoms with Gasteiger partial charge in [-0.25, -0.2) is 0 Å². The first-order valence-electron chi connectivity index (χ1n) is 8.80. The third-order valence-corrected chi connectivity index (χ3v) is 4.95. The van der Waals surface area contributed by atoms with Gasteiger partial charge in [0.1, 0.15) is 0 Å². The van der Waals surface area contributed by atoms with E-state index in [2.05, 4.69) is 15.1 Å². The number of nitrogens with zero attached hydrogens (tertiary/aromatic N) is 4. The molecule has 1 atom stereocenters. The summed E-state index contributed by atoms with van der Waals surface area (Å²) >= 11 is 6.17. The summed E-state index contributed by atoms with van der Waals surface area (Å²) in [5.74, 6) is 1.03. The van der Waals surface area contributed by atoms with Crippen molar-refractivity contribution < 1.29 is 17.6 Å². The number of alkyl halides is 3. The molecule has 0 radical (unpaired) electrons. The van der Waals surface area contributed by atoms with Gasteiger partial charge in [-0.05, 0) is 57.2 Å². The highest BCUT2D eigenvalue weighted by molar-refractivity contribution is 6.31. The number of hydrogen-bond donors (Lipinski definition) is 0. The maximum Gasteiger partial charge on any atom is 0.416 e. The fourth-order valence-electron chi connectivity index (χ4n) is 3.29. The van der Waals surface area contributed by atoms with Crippen LogP contribution in [0.4, 0.5) is 13.2 Å². The van der Waals surface area contributed by atoms with Crippen molar-refractivity contribution in [3.05, 3.63) is 46.1 Å². The first-order valence-corrected chi connectivity index (χ1v) is 9.18. The van der Waals surface area contributed by atoms with Crippen LogP contribution in [0.25, 0.3) is 0 Å². The molecule has 1 aromatic heterocycles. The molecule has 0 N–H and O–H groups in total. The lowest BCUT2D eigenvalue weighted by Gasteiger charge is -2.33. The fourth-order valence-corrected chi connectivity index (χ4v) is 3.46. The molecule has 5 nitrogen and oxygen atoms in total. The molecular weight excluding hydrogens is 381 g/mol. The van der Waals surface area contributed by atoms with Crippen molar-refractivity contribution in [3.8, 4) is 0 Å². The maximum atomic E-state index is 13.0. The summed E-state index contributed by atoms with van der Waals surface area (Å²) in [6.07, 6.45) is -1.61. The van der Waals surface area contributed by atoms with Gasteiger partial charge in [0.15, 0.2) is 0 Å². The first-order chi connectivity index (χ1) is 12.7. The van der Waals surface area contributed by atoms with Crippen molar-refractivity contribution in [3.63, 3.8) is 0 Å². The summed E-state index contributed by atoms with van der Waals surface area (Å²) in [6.45, 7) is 1.58. The normalized spacial score (nSPS) is 19.0. The van der Waals surface area contributed by atoms with E-state index in [1.54, 1.807) is 0 Å². The van der Waals surface area contributed by atoms with Gasteiger partial charge in [0.2, 0.25) is 11.8 Å². The Hall–Kier alpha value is -1.64. The molecule has 0 bridgehead atoms. The number of aromatic nitrogens is 2. The lowest BCUT2D eigenvalue weighted by Crippen LogP contribution is -2.33. The summed E-state index contributed by atoms with van der Waals surface area (Å²) in [4.78, 5) is 4.00. The van der Waals surface area contributed by atoms with Crippen LogP contribution >= 0.6 is 11.6 Å². The SMILES string of the molecule is CN(C)Cc1nnc(C2CCCCN2Cc2cc(C(F)(F)F)ccc2Cl)o1. The topological polar surface area (TPSA) is 45.4 Å². The molecule has 0 aliphatic carbocycles. The Morgan fingerprint density at radius 2 is 2.04 bits per heavy atom. The number of piperidine rings is 1. The third kappa shape index (κ3) is 5.00. The molecule has 27 heavy (non-hydrogen) atoms. The molecule has 148 valence electrons. The van der Waals surface area contributed by atoms with Crippen LogP contribution in [0.2, 0.25) is 5.02 Å². The van der Waals surface area contributed by atoms with Crippen LogP contribution in [0.3, 0.4) is 0 Å². The Bertz CT molecular complexity index is 778. The molecule has 2 heterocycles. The molecule has 3 rings (SSSR count). The third-order valence-electron chi connectivity index (χ3n) is 4.58. The van der Waals surface area contributed by atoms with E-state index in [1.165, 1.54) is 6.07 Å². The van der Waals surface area contributed by atoms with Crippen molar-refractivity contribution >= 4 is 11.6 Å². The molecule has 1 unspecified atom stereocenters. The van der Waals surface area contributed by atoms with E-state index in [4.69, 9.17) is 16.0 Å². The molecule has 9 heteroatoms. The molecule has 1 saturated heterocycles. The number of hydrogen-bond acceptors (Lipinski definition) is 5. The van der Waals surface area contributed by atoms with Crippen LogP contribution in [0.1, 0.15) is 48.2 Å². The van der Waals surface area contributed by atoms with E-state index in [1.807, 2.05) is 19.0 Å². The number of halogens is 4. The van der Waals surface area contributed by atoms with Gasteiger partial charge in [-0.2, -0.15) is 13.2 Å². The van der Waals surface area contributed by atoms with Gasteiger partial charge in [0.25, 0.3) is 0 Å². The minimum atomic E-state index is -4.39. The number of benzene rings is 1. The highest BCUT2D eigenvalue weighted by Crippen LogP contribution is 2.35. The van der Waals surface area contributed by atoms with Gasteiger partial charge in [0.05, 0.1) is 18.2 Å². The van der Waals surface area contributed by atoms with Gasteiger partial charge >= 0.3 is 6.18 Å². The Labute approximate surface area is 161 Å². The fraction of sp³-hybridized carbons (Fsp3) is 0.556. The van der Waals surface area contributed by atoms with Crippen LogP contribution < -0.4 is 0 Å². The lowest BCUT2D eigenvalue weighted by atomic mass is 10.0. The first kappa shape index (κ1) is 20.1. The standard InChI is InChI=1S/C18H22ClF3N4O/c1-25(2)11-16-23-24-17(27-16)15-5-3-4-8-26(15)10-12-9-13(18(20,21)22)6-7-14(12)19/h6-7,9,15H,3-5,8,10-11H2,1-2H3. The van der Waals surface area contributed by atoms with Crippen LogP contribution in [0.5, 0.6) is 0 Å². The zero-order valence-corrected chi connectivity index (χ0v) is 16.0. The summed E-state index contributed by atoms with van der Waals surface area (Å²) < 4.78 is 44.9. The molecule has 0 spiro atoms. The maximum absolute atomic E-state index is 13.0. The summed E-state index contributed by atoms with van der Waals surface area (Å²) in [5, 5.41) is 8.57. The van der Waals surface area contributed by atoms with Crippen LogP contribution in [-0.2, 0) is 19.3 Å². The highest BCUT2D eigenvalue weighted by Gasteiger charge is 2.32. The lowest BCUT2D eigenvalue weighted by molar-refractivity contribution is -0.137. The number of likely N-dealkylation sites (tertiary alicyclic amines) is 1. The summed E-state index contributed by atoms with van der Waals surface area (Å²) in [6, 6.07) is 3.32. The smallest absolute Gasteiger partial charge is 0.416 e. The Morgan fingerprint density at radius 1 is 1.26 bits per heavy atom. The minimum absolute atomic E-state index is 0.118. The van der Waals surface area contributed by atoms with Crippen molar-refractivity contribution in [2.24, 2.45) is 0 Å². The van der Waals surface area contributed by atoms with Crippen molar-refractivity contribution in [1.29, 1.82) is 0 Å². The Morgan fingerprint density at radius 3 is 2.74 bits per heavy atom. The van der Waals surface area contributed by atoms with Gasteiger partial charge in [-0.15, -0.1) is 10.2 Å². The second-order valence-electron chi connectivity index (χ2n) is 7.06. The van der Waals surface area contributed by atoms with Gasteiger partial charge in [-0.3, -0.25) is 4.90 Å². The highest BCUT2D eigenvalue weighted by atomic mass is 35.5. The largest absolute Gasteiger partial charge is 0.422 e. The molecular formula is C18H22ClF3N4O. The predicted molar refractivity (Wildman–Crippen MR) is 95.1 cm³/mol. The molecule has 1 aliphatic heterocycles. The van der Waals surface area contributed by atoms with E-state index in [-0.39, 0.29) is 6.04 Å². The Kier molecular flexibility index (Phi) is 6.08. The average molecular weight is 403 g/mol. The van der Waals surface area contributed by atoms with E-state index >= 15 is 0 Å². The molecule has 2 aromatic rings. The van der Waals surface area contributed by atoms with Crippen molar-refractivity contribution in [1.82, 2.24) is 20.0 Å². The average Bonchev–Trinajstić information content (AvgIpc) is 3.04. The van der Waals surface area contributed by atoms with Gasteiger partial charge < -0.3 is 9.32 Å². The second kappa shape index (κ2) is 8.16. The molecule has 0 amide bonds. The van der Waals surface area contributed by atoms with Crippen molar-refractivity contribution in [2.45, 2.75) is 44.6 Å². The monoisotopic (exact) mass is 402 g/mol. The van der Waals surface area contributed by atoms with Gasteiger partial charge in [-0.1, -0.05) is 18.0 Å². The zero-order valence-electron chi connectivity index (χ0n) is 15.3. The van der Waals surface area contributed by atoms with E-state index in [9.17, 15) is 13.2 Å². The number of rotatable bonds is 5. The van der Waals surface area contributed by atoms with Crippen LogP contribution in [0.15, 0.2) is 22.6 Å². The minimum Gasteiger partial charge on any atom is -0.422 e. The molecule has 1 fully saturated rings.